The molecule has 4 rings (SSSR count). The van der Waals surface area contributed by atoms with Crippen LogP contribution in [0.25, 0.3) is 6.08 Å². The number of ether oxygens (including phenoxy) is 4. The van der Waals surface area contributed by atoms with E-state index in [0.29, 0.717) is 44.5 Å². The highest BCUT2D eigenvalue weighted by Crippen LogP contribution is 2.39. The van der Waals surface area contributed by atoms with Gasteiger partial charge in [-0.1, -0.05) is 36.4 Å². The molecule has 0 bridgehead atoms. The quantitative estimate of drug-likeness (QED) is 0.315. The van der Waals surface area contributed by atoms with E-state index in [9.17, 15) is 9.59 Å². The molecule has 0 atom stereocenters. The largest absolute Gasteiger partial charge is 0.493 e. The summed E-state index contributed by atoms with van der Waals surface area (Å²) in [5.74, 6) is 1.54. The maximum Gasteiger partial charge on any atom is 0.286 e. The molecule has 0 saturated carbocycles. The summed E-state index contributed by atoms with van der Waals surface area (Å²) in [4.78, 5) is 27.7. The molecule has 3 aromatic rings. The van der Waals surface area contributed by atoms with Crippen molar-refractivity contribution in [3.8, 4) is 23.0 Å². The van der Waals surface area contributed by atoms with Gasteiger partial charge in [0.1, 0.15) is 13.2 Å². The van der Waals surface area contributed by atoms with E-state index >= 15 is 0 Å². The number of hydrogen-bond donors (Lipinski definition) is 1. The number of aliphatic imine (C=N–C) groups is 1. The third kappa shape index (κ3) is 6.96. The number of thioether (sulfide) groups is 1. The first-order chi connectivity index (χ1) is 18.4. The number of carbonyl (C=O) groups excluding carboxylic acids is 2. The van der Waals surface area contributed by atoms with Crippen LogP contribution in [0.2, 0.25) is 0 Å². The van der Waals surface area contributed by atoms with E-state index in [1.54, 1.807) is 26.4 Å². The highest BCUT2D eigenvalue weighted by Gasteiger charge is 2.23. The monoisotopic (exact) mass is 596 g/mol. The lowest BCUT2D eigenvalue weighted by Crippen LogP contribution is -2.23. The number of benzene rings is 3. The molecule has 196 valence electrons. The molecule has 1 N–H and O–H groups in total. The van der Waals surface area contributed by atoms with Crippen LogP contribution in [0.4, 0.5) is 0 Å². The first-order valence-electron chi connectivity index (χ1n) is 11.5. The number of hydrogen-bond acceptors (Lipinski definition) is 7. The fourth-order valence-corrected chi connectivity index (χ4v) is 4.97. The molecule has 1 aliphatic heterocycles. The van der Waals surface area contributed by atoms with E-state index in [1.807, 2.05) is 54.6 Å². The Morgan fingerprint density at radius 2 is 1.68 bits per heavy atom. The van der Waals surface area contributed by atoms with Gasteiger partial charge in [-0.3, -0.25) is 9.59 Å². The Bertz CT molecular complexity index is 1410. The smallest absolute Gasteiger partial charge is 0.286 e. The second kappa shape index (κ2) is 12.7. The van der Waals surface area contributed by atoms with Crippen molar-refractivity contribution in [2.24, 2.45) is 4.99 Å². The van der Waals surface area contributed by atoms with Gasteiger partial charge in [0.2, 0.25) is 5.91 Å². The lowest BCUT2D eigenvalue weighted by atomic mass is 10.1. The normalized spacial score (nSPS) is 13.7. The van der Waals surface area contributed by atoms with Gasteiger partial charge in [-0.2, -0.15) is 4.99 Å². The Kier molecular flexibility index (Phi) is 9.09. The van der Waals surface area contributed by atoms with Crippen LogP contribution < -0.4 is 24.3 Å². The lowest BCUT2D eigenvalue weighted by molar-refractivity contribution is -0.117. The Labute approximate surface area is 233 Å². The Balaban J connectivity index is 1.45. The van der Waals surface area contributed by atoms with Crippen molar-refractivity contribution in [3.63, 3.8) is 0 Å². The standard InChI is InChI=1S/C28H25BrN2O6S/c1-17(32)30-28-31-27(33)25(38-28)14-20-11-21(29)26(24(13-20)35-3)37-16-19-9-10-22(23(12-19)34-2)36-15-18-7-5-4-6-8-18/h4-14H,15-16H2,1-3H3,(H,30,31,32,33)/b25-14+. The summed E-state index contributed by atoms with van der Waals surface area (Å²) >= 11 is 4.65. The molecule has 0 spiro atoms. The fourth-order valence-electron chi connectivity index (χ4n) is 3.54. The number of amides is 2. The summed E-state index contributed by atoms with van der Waals surface area (Å²) in [5.41, 5.74) is 2.65. The molecule has 10 heteroatoms. The average molecular weight is 597 g/mol. The van der Waals surface area contributed by atoms with Crippen molar-refractivity contribution in [2.75, 3.05) is 14.2 Å². The summed E-state index contributed by atoms with van der Waals surface area (Å²) in [6.45, 7) is 2.05. The van der Waals surface area contributed by atoms with Crippen LogP contribution in [0.5, 0.6) is 23.0 Å². The number of carbonyl (C=O) groups is 2. The maximum absolute atomic E-state index is 12.2. The summed E-state index contributed by atoms with van der Waals surface area (Å²) in [6.07, 6.45) is 1.68. The molecule has 0 unspecified atom stereocenters. The van der Waals surface area contributed by atoms with Crippen LogP contribution >= 0.6 is 27.7 Å². The highest BCUT2D eigenvalue weighted by molar-refractivity contribution is 9.10. The molecule has 0 radical (unpaired) electrons. The van der Waals surface area contributed by atoms with Crippen LogP contribution in [0.3, 0.4) is 0 Å². The Morgan fingerprint density at radius 1 is 0.947 bits per heavy atom. The van der Waals surface area contributed by atoms with Gasteiger partial charge in [0.15, 0.2) is 28.2 Å². The number of amidine groups is 1. The maximum atomic E-state index is 12.2. The number of halogens is 1. The number of nitrogens with one attached hydrogen (secondary N) is 1. The van der Waals surface area contributed by atoms with Crippen LogP contribution in [-0.2, 0) is 22.8 Å². The zero-order valence-electron chi connectivity index (χ0n) is 20.9. The van der Waals surface area contributed by atoms with Crippen LogP contribution in [0.15, 0.2) is 75.0 Å². The molecular weight excluding hydrogens is 572 g/mol. The summed E-state index contributed by atoms with van der Waals surface area (Å²) in [7, 11) is 3.14. The molecule has 2 amide bonds. The van der Waals surface area contributed by atoms with E-state index in [0.717, 1.165) is 22.9 Å². The van der Waals surface area contributed by atoms with E-state index in [-0.39, 0.29) is 17.7 Å². The minimum Gasteiger partial charge on any atom is -0.493 e. The molecule has 0 aliphatic carbocycles. The number of nitrogens with zero attached hydrogens (tertiary/aromatic N) is 1. The van der Waals surface area contributed by atoms with Crippen molar-refractivity contribution in [1.82, 2.24) is 5.32 Å². The molecule has 8 nitrogen and oxygen atoms in total. The average Bonchev–Trinajstić information content (AvgIpc) is 3.24. The minimum atomic E-state index is -0.417. The van der Waals surface area contributed by atoms with E-state index in [4.69, 9.17) is 18.9 Å². The molecule has 38 heavy (non-hydrogen) atoms. The molecule has 0 saturated heterocycles. The van der Waals surface area contributed by atoms with Gasteiger partial charge in [-0.15, -0.1) is 0 Å². The van der Waals surface area contributed by atoms with Crippen molar-refractivity contribution >= 4 is 50.7 Å². The molecule has 1 heterocycles. The predicted molar refractivity (Wildman–Crippen MR) is 151 cm³/mol. The predicted octanol–water partition coefficient (Wildman–Crippen LogP) is 5.73. The van der Waals surface area contributed by atoms with Gasteiger partial charge in [0, 0.05) is 6.92 Å². The third-order valence-corrected chi connectivity index (χ3v) is 6.79. The first-order valence-corrected chi connectivity index (χ1v) is 13.1. The number of methoxy groups -OCH3 is 2. The second-order valence-electron chi connectivity index (χ2n) is 8.10. The van der Waals surface area contributed by atoms with Crippen LogP contribution in [-0.4, -0.2) is 31.2 Å². The second-order valence-corrected chi connectivity index (χ2v) is 9.98. The molecule has 0 aromatic heterocycles. The number of rotatable bonds is 9. The zero-order valence-corrected chi connectivity index (χ0v) is 23.4. The summed E-state index contributed by atoms with van der Waals surface area (Å²) in [6, 6.07) is 19.1. The van der Waals surface area contributed by atoms with E-state index < -0.39 is 5.91 Å². The van der Waals surface area contributed by atoms with Crippen molar-refractivity contribution in [2.45, 2.75) is 20.1 Å². The summed E-state index contributed by atoms with van der Waals surface area (Å²) in [5, 5.41) is 2.79. The first kappa shape index (κ1) is 27.3. The van der Waals surface area contributed by atoms with Crippen molar-refractivity contribution in [3.05, 3.63) is 86.7 Å². The zero-order chi connectivity index (χ0) is 27.1. The topological polar surface area (TPSA) is 95.5 Å². The van der Waals surface area contributed by atoms with Gasteiger partial charge < -0.3 is 24.3 Å². The van der Waals surface area contributed by atoms with Crippen molar-refractivity contribution < 1.29 is 28.5 Å². The van der Waals surface area contributed by atoms with Gasteiger partial charge in [0.25, 0.3) is 5.91 Å². The molecule has 3 aromatic carbocycles. The fraction of sp³-hybridized carbons (Fsp3) is 0.179. The van der Waals surface area contributed by atoms with Gasteiger partial charge in [-0.25, -0.2) is 0 Å². The highest BCUT2D eigenvalue weighted by atomic mass is 79.9. The SMILES string of the molecule is COc1cc(COc2c(Br)cc(/C=C3/SC(NC(C)=O)=NC3=O)cc2OC)ccc1OCc1ccccc1. The third-order valence-electron chi connectivity index (χ3n) is 5.30. The molecule has 1 aliphatic rings. The van der Waals surface area contributed by atoms with Gasteiger partial charge in [-0.05, 0) is 74.7 Å². The summed E-state index contributed by atoms with van der Waals surface area (Å²) < 4.78 is 23.8. The molecule has 0 fully saturated rings. The van der Waals surface area contributed by atoms with Gasteiger partial charge in [0.05, 0.1) is 23.6 Å². The van der Waals surface area contributed by atoms with Crippen molar-refractivity contribution in [1.29, 1.82) is 0 Å². The lowest BCUT2D eigenvalue weighted by Gasteiger charge is -2.15. The minimum absolute atomic E-state index is 0.256. The van der Waals surface area contributed by atoms with Crippen LogP contribution in [0.1, 0.15) is 23.6 Å². The Hall–Kier alpha value is -3.76. The van der Waals surface area contributed by atoms with E-state index in [1.165, 1.54) is 6.92 Å². The molecular formula is C28H25BrN2O6S. The van der Waals surface area contributed by atoms with Crippen LogP contribution in [0, 0.1) is 0 Å². The van der Waals surface area contributed by atoms with E-state index in [2.05, 4.69) is 26.2 Å². The van der Waals surface area contributed by atoms with Gasteiger partial charge >= 0.3 is 0 Å². The Morgan fingerprint density at radius 3 is 2.39 bits per heavy atom.